The highest BCUT2D eigenvalue weighted by atomic mass is 32.1. The van der Waals surface area contributed by atoms with Crippen LogP contribution in [0.4, 0.5) is 0 Å². The van der Waals surface area contributed by atoms with Crippen molar-refractivity contribution < 1.29 is 4.74 Å². The van der Waals surface area contributed by atoms with Crippen LogP contribution in [0.3, 0.4) is 0 Å². The fraction of sp³-hybridized carbons (Fsp3) is 0.412. The van der Waals surface area contributed by atoms with Crippen LogP contribution in [0.15, 0.2) is 29.1 Å². The number of ether oxygens (including phenoxy) is 1. The number of nitrogens with zero attached hydrogens (tertiary/aromatic N) is 1. The molecule has 0 unspecified atom stereocenters. The number of nitrogens with one attached hydrogen (secondary N) is 3. The average Bonchev–Trinajstić information content (AvgIpc) is 2.54. The molecule has 0 aliphatic rings. The van der Waals surface area contributed by atoms with Gasteiger partial charge in [-0.3, -0.25) is 4.79 Å². The molecule has 0 amide bonds. The van der Waals surface area contributed by atoms with E-state index in [1.54, 1.807) is 7.11 Å². The van der Waals surface area contributed by atoms with Crippen LogP contribution in [-0.2, 0) is 6.42 Å². The van der Waals surface area contributed by atoms with Crippen LogP contribution in [0.25, 0.3) is 10.9 Å². The van der Waals surface area contributed by atoms with Crippen molar-refractivity contribution in [3.63, 3.8) is 0 Å². The minimum Gasteiger partial charge on any atom is -0.497 e. The summed E-state index contributed by atoms with van der Waals surface area (Å²) in [6.07, 6.45) is 0.604. The Morgan fingerprint density at radius 2 is 2.00 bits per heavy atom. The van der Waals surface area contributed by atoms with Gasteiger partial charge in [0.05, 0.1) is 12.6 Å². The maximum absolute atomic E-state index is 12.2. The highest BCUT2D eigenvalue weighted by molar-refractivity contribution is 7.80. The van der Waals surface area contributed by atoms with Crippen LogP contribution in [0.5, 0.6) is 5.75 Å². The molecule has 1 aromatic carbocycles. The molecule has 0 radical (unpaired) electrons. The van der Waals surface area contributed by atoms with Gasteiger partial charge in [-0.15, -0.1) is 0 Å². The summed E-state index contributed by atoms with van der Waals surface area (Å²) in [5.74, 6) is 0.724. The second-order valence-corrected chi connectivity index (χ2v) is 6.22. The predicted molar refractivity (Wildman–Crippen MR) is 102 cm³/mol. The molecule has 0 bridgehead atoms. The van der Waals surface area contributed by atoms with E-state index in [2.05, 4.69) is 20.5 Å². The van der Waals surface area contributed by atoms with E-state index in [1.165, 1.54) is 0 Å². The van der Waals surface area contributed by atoms with Crippen LogP contribution >= 0.6 is 12.2 Å². The normalized spacial score (nSPS) is 10.8. The van der Waals surface area contributed by atoms with Gasteiger partial charge in [0.1, 0.15) is 5.75 Å². The summed E-state index contributed by atoms with van der Waals surface area (Å²) in [5.41, 5.74) is 1.43. The molecule has 130 valence electrons. The molecule has 0 aliphatic heterocycles. The van der Waals surface area contributed by atoms with E-state index in [4.69, 9.17) is 17.0 Å². The number of methoxy groups -OCH3 is 1. The molecule has 1 aromatic heterocycles. The number of hydrogen-bond donors (Lipinski definition) is 3. The largest absolute Gasteiger partial charge is 0.497 e. The lowest BCUT2D eigenvalue weighted by Crippen LogP contribution is -2.39. The van der Waals surface area contributed by atoms with Gasteiger partial charge in [-0.05, 0) is 56.3 Å². The number of aromatic amines is 1. The van der Waals surface area contributed by atoms with Crippen LogP contribution in [0, 0.1) is 0 Å². The Balaban J connectivity index is 1.92. The highest BCUT2D eigenvalue weighted by Crippen LogP contribution is 2.18. The molecule has 7 heteroatoms. The summed E-state index contributed by atoms with van der Waals surface area (Å²) < 4.78 is 5.17. The first-order chi connectivity index (χ1) is 11.5. The standard InChI is InChI=1S/C17H24N4O2S/c1-21(2)9-8-19-17(24)18-7-6-13-10-12-4-5-14(23-3)11-15(12)20-16(13)22/h4-5,10-11H,6-9H2,1-3H3,(H,20,22)(H2,18,19,24). The first-order valence-electron chi connectivity index (χ1n) is 7.86. The lowest BCUT2D eigenvalue weighted by molar-refractivity contribution is 0.412. The van der Waals surface area contributed by atoms with Gasteiger partial charge in [0.15, 0.2) is 5.11 Å². The first kappa shape index (κ1) is 18.2. The summed E-state index contributed by atoms with van der Waals surface area (Å²) in [4.78, 5) is 17.2. The number of rotatable bonds is 7. The Labute approximate surface area is 147 Å². The van der Waals surface area contributed by atoms with Crippen molar-refractivity contribution >= 4 is 28.2 Å². The summed E-state index contributed by atoms with van der Waals surface area (Å²) in [6, 6.07) is 7.56. The van der Waals surface area contributed by atoms with Crippen molar-refractivity contribution in [3.05, 3.63) is 40.2 Å². The maximum atomic E-state index is 12.2. The molecule has 24 heavy (non-hydrogen) atoms. The lowest BCUT2D eigenvalue weighted by Gasteiger charge is -2.13. The van der Waals surface area contributed by atoms with Crippen LogP contribution in [0.1, 0.15) is 5.56 Å². The van der Waals surface area contributed by atoms with Gasteiger partial charge in [-0.25, -0.2) is 0 Å². The summed E-state index contributed by atoms with van der Waals surface area (Å²) in [6.45, 7) is 2.31. The molecule has 2 aromatic rings. The van der Waals surface area contributed by atoms with Gasteiger partial charge >= 0.3 is 0 Å². The number of hydrogen-bond acceptors (Lipinski definition) is 4. The third kappa shape index (κ3) is 5.21. The Bertz CT molecular complexity index is 758. The van der Waals surface area contributed by atoms with Gasteiger partial charge < -0.3 is 25.3 Å². The van der Waals surface area contributed by atoms with E-state index in [1.807, 2.05) is 38.4 Å². The molecule has 1 heterocycles. The second-order valence-electron chi connectivity index (χ2n) is 5.81. The Hall–Kier alpha value is -2.12. The van der Waals surface area contributed by atoms with E-state index < -0.39 is 0 Å². The Morgan fingerprint density at radius 3 is 2.71 bits per heavy atom. The molecule has 0 aliphatic carbocycles. The monoisotopic (exact) mass is 348 g/mol. The zero-order chi connectivity index (χ0) is 17.5. The number of fused-ring (bicyclic) bond motifs is 1. The van der Waals surface area contributed by atoms with E-state index in [-0.39, 0.29) is 5.56 Å². The third-order valence-electron chi connectivity index (χ3n) is 3.65. The molecule has 0 atom stereocenters. The Kier molecular flexibility index (Phi) is 6.57. The molecule has 0 spiro atoms. The molecule has 3 N–H and O–H groups in total. The summed E-state index contributed by atoms with van der Waals surface area (Å²) >= 11 is 5.22. The van der Waals surface area contributed by atoms with Crippen molar-refractivity contribution in [2.75, 3.05) is 40.8 Å². The van der Waals surface area contributed by atoms with E-state index in [0.717, 1.165) is 35.3 Å². The number of pyridine rings is 1. The fourth-order valence-electron chi connectivity index (χ4n) is 2.30. The van der Waals surface area contributed by atoms with Crippen molar-refractivity contribution in [3.8, 4) is 5.75 Å². The van der Waals surface area contributed by atoms with Crippen molar-refractivity contribution in [1.29, 1.82) is 0 Å². The minimum absolute atomic E-state index is 0.0796. The van der Waals surface area contributed by atoms with Crippen LogP contribution < -0.4 is 20.9 Å². The van der Waals surface area contributed by atoms with Gasteiger partial charge in [-0.2, -0.15) is 0 Å². The van der Waals surface area contributed by atoms with Gasteiger partial charge in [0.2, 0.25) is 0 Å². The number of thiocarbonyl (C=S) groups is 1. The van der Waals surface area contributed by atoms with Crippen molar-refractivity contribution in [1.82, 2.24) is 20.5 Å². The van der Waals surface area contributed by atoms with Crippen LogP contribution in [0.2, 0.25) is 0 Å². The molecule has 6 nitrogen and oxygen atoms in total. The van der Waals surface area contributed by atoms with Crippen LogP contribution in [-0.4, -0.2) is 55.8 Å². The molecular weight excluding hydrogens is 324 g/mol. The van der Waals surface area contributed by atoms with Gasteiger partial charge in [-0.1, -0.05) is 0 Å². The SMILES string of the molecule is COc1ccc2cc(CCNC(=S)NCCN(C)C)c(=O)[nH]c2c1. The highest BCUT2D eigenvalue weighted by Gasteiger charge is 2.05. The van der Waals surface area contributed by atoms with E-state index in [0.29, 0.717) is 18.1 Å². The molecule has 0 saturated heterocycles. The number of benzene rings is 1. The zero-order valence-corrected chi connectivity index (χ0v) is 15.1. The van der Waals surface area contributed by atoms with E-state index >= 15 is 0 Å². The average molecular weight is 348 g/mol. The van der Waals surface area contributed by atoms with Gasteiger partial charge in [0.25, 0.3) is 5.56 Å². The maximum Gasteiger partial charge on any atom is 0.251 e. The lowest BCUT2D eigenvalue weighted by atomic mass is 10.1. The van der Waals surface area contributed by atoms with Crippen molar-refractivity contribution in [2.45, 2.75) is 6.42 Å². The third-order valence-corrected chi connectivity index (χ3v) is 3.94. The number of aromatic nitrogens is 1. The number of H-pyrrole nitrogens is 1. The first-order valence-corrected chi connectivity index (χ1v) is 8.27. The summed E-state index contributed by atoms with van der Waals surface area (Å²) in [7, 11) is 5.63. The Morgan fingerprint density at radius 1 is 1.25 bits per heavy atom. The summed E-state index contributed by atoms with van der Waals surface area (Å²) in [5, 5.41) is 7.86. The van der Waals surface area contributed by atoms with E-state index in [9.17, 15) is 4.79 Å². The topological polar surface area (TPSA) is 69.4 Å². The predicted octanol–water partition coefficient (Wildman–Crippen LogP) is 1.10. The fourth-order valence-corrected chi connectivity index (χ4v) is 2.51. The molecular formula is C17H24N4O2S. The molecule has 0 fully saturated rings. The second kappa shape index (κ2) is 8.65. The van der Waals surface area contributed by atoms with Crippen molar-refractivity contribution in [2.24, 2.45) is 0 Å². The van der Waals surface area contributed by atoms with Gasteiger partial charge in [0, 0.05) is 31.3 Å². The molecule has 0 saturated carbocycles. The molecule has 2 rings (SSSR count). The quantitative estimate of drug-likeness (QED) is 0.651. The number of likely N-dealkylation sites (N-methyl/N-ethyl adjacent to an activating group) is 1. The zero-order valence-electron chi connectivity index (χ0n) is 14.3. The minimum atomic E-state index is -0.0796. The smallest absolute Gasteiger partial charge is 0.251 e.